The van der Waals surface area contributed by atoms with Crippen LogP contribution in [0, 0.1) is 0 Å². The van der Waals surface area contributed by atoms with Crippen LogP contribution in [0.3, 0.4) is 0 Å². The number of carbonyl (C=O) groups excluding carboxylic acids is 1. The van der Waals surface area contributed by atoms with Gasteiger partial charge in [-0.2, -0.15) is 0 Å². The Hall–Kier alpha value is -1.81. The van der Waals surface area contributed by atoms with Gasteiger partial charge in [-0.1, -0.05) is 11.6 Å². The van der Waals surface area contributed by atoms with Crippen molar-refractivity contribution in [3.8, 4) is 5.75 Å². The van der Waals surface area contributed by atoms with Gasteiger partial charge in [-0.3, -0.25) is 9.78 Å². The Bertz CT molecular complexity index is 599. The van der Waals surface area contributed by atoms with Gasteiger partial charge in [-0.25, -0.2) is 0 Å². The van der Waals surface area contributed by atoms with Crippen molar-refractivity contribution in [3.63, 3.8) is 0 Å². The molecule has 1 amide bonds. The molecule has 0 saturated carbocycles. The normalized spacial score (nSPS) is 10.7. The SMILES string of the molecule is CC(C)NC(=O)COc1ccc(Cl)c2cccnc12. The minimum atomic E-state index is -0.158. The molecule has 2 rings (SSSR count). The molecule has 5 heteroatoms. The van der Waals surface area contributed by atoms with Crippen molar-refractivity contribution in [3.05, 3.63) is 35.5 Å². The van der Waals surface area contributed by atoms with Crippen molar-refractivity contribution in [2.24, 2.45) is 0 Å². The molecule has 0 unspecified atom stereocenters. The summed E-state index contributed by atoms with van der Waals surface area (Å²) in [6.07, 6.45) is 1.67. The van der Waals surface area contributed by atoms with Crippen LogP contribution in [0.2, 0.25) is 5.02 Å². The molecule has 0 saturated heterocycles. The summed E-state index contributed by atoms with van der Waals surface area (Å²) in [5, 5.41) is 4.19. The van der Waals surface area contributed by atoms with E-state index in [9.17, 15) is 4.79 Å². The lowest BCUT2D eigenvalue weighted by molar-refractivity contribution is -0.123. The highest BCUT2D eigenvalue weighted by Crippen LogP contribution is 2.29. The summed E-state index contributed by atoms with van der Waals surface area (Å²) in [5.41, 5.74) is 0.660. The molecule has 0 bridgehead atoms. The summed E-state index contributed by atoms with van der Waals surface area (Å²) >= 11 is 6.09. The molecule has 1 heterocycles. The van der Waals surface area contributed by atoms with Gasteiger partial charge in [-0.15, -0.1) is 0 Å². The fourth-order valence-electron chi connectivity index (χ4n) is 1.74. The number of hydrogen-bond donors (Lipinski definition) is 1. The zero-order valence-corrected chi connectivity index (χ0v) is 11.6. The van der Waals surface area contributed by atoms with E-state index in [0.29, 0.717) is 16.3 Å². The molecule has 100 valence electrons. The quantitative estimate of drug-likeness (QED) is 0.936. The van der Waals surface area contributed by atoms with Crippen LogP contribution >= 0.6 is 11.6 Å². The van der Waals surface area contributed by atoms with Gasteiger partial charge in [0.15, 0.2) is 6.61 Å². The second kappa shape index (κ2) is 5.89. The van der Waals surface area contributed by atoms with Crippen LogP contribution in [0.5, 0.6) is 5.75 Å². The monoisotopic (exact) mass is 278 g/mol. The third-order valence-electron chi connectivity index (χ3n) is 2.49. The van der Waals surface area contributed by atoms with Crippen molar-refractivity contribution in [2.45, 2.75) is 19.9 Å². The first kappa shape index (κ1) is 13.6. The first-order valence-electron chi connectivity index (χ1n) is 6.03. The van der Waals surface area contributed by atoms with Crippen LogP contribution < -0.4 is 10.1 Å². The van der Waals surface area contributed by atoms with E-state index in [0.717, 1.165) is 5.39 Å². The zero-order valence-electron chi connectivity index (χ0n) is 10.8. The van der Waals surface area contributed by atoms with E-state index in [1.54, 1.807) is 18.3 Å². The second-order valence-corrected chi connectivity index (χ2v) is 4.86. The molecule has 0 aliphatic rings. The average molecular weight is 279 g/mol. The number of nitrogens with one attached hydrogen (secondary N) is 1. The number of amides is 1. The Morgan fingerprint density at radius 3 is 2.95 bits per heavy atom. The largest absolute Gasteiger partial charge is 0.481 e. The Kier molecular flexibility index (Phi) is 4.22. The number of aromatic nitrogens is 1. The molecule has 1 N–H and O–H groups in total. The third-order valence-corrected chi connectivity index (χ3v) is 2.82. The average Bonchev–Trinajstić information content (AvgIpc) is 2.37. The van der Waals surface area contributed by atoms with Gasteiger partial charge in [-0.05, 0) is 38.1 Å². The van der Waals surface area contributed by atoms with Gasteiger partial charge in [0.1, 0.15) is 11.3 Å². The topological polar surface area (TPSA) is 51.2 Å². The number of hydrogen-bond acceptors (Lipinski definition) is 3. The summed E-state index contributed by atoms with van der Waals surface area (Å²) in [6.45, 7) is 3.76. The maximum absolute atomic E-state index is 11.5. The van der Waals surface area contributed by atoms with Crippen LogP contribution in [-0.4, -0.2) is 23.5 Å². The smallest absolute Gasteiger partial charge is 0.258 e. The van der Waals surface area contributed by atoms with Crippen molar-refractivity contribution in [1.29, 1.82) is 0 Å². The zero-order chi connectivity index (χ0) is 13.8. The third kappa shape index (κ3) is 3.35. The van der Waals surface area contributed by atoms with Gasteiger partial charge in [0.05, 0.1) is 5.02 Å². The van der Waals surface area contributed by atoms with E-state index < -0.39 is 0 Å². The molecule has 19 heavy (non-hydrogen) atoms. The van der Waals surface area contributed by atoms with E-state index in [4.69, 9.17) is 16.3 Å². The highest BCUT2D eigenvalue weighted by Gasteiger charge is 2.09. The van der Waals surface area contributed by atoms with E-state index in [1.807, 2.05) is 26.0 Å². The van der Waals surface area contributed by atoms with Crippen LogP contribution in [0.4, 0.5) is 0 Å². The second-order valence-electron chi connectivity index (χ2n) is 4.46. The molecular weight excluding hydrogens is 264 g/mol. The van der Waals surface area contributed by atoms with Gasteiger partial charge in [0.25, 0.3) is 5.91 Å². The van der Waals surface area contributed by atoms with E-state index in [1.165, 1.54) is 0 Å². The fraction of sp³-hybridized carbons (Fsp3) is 0.286. The number of benzene rings is 1. The Morgan fingerprint density at radius 1 is 1.42 bits per heavy atom. The lowest BCUT2D eigenvalue weighted by Crippen LogP contribution is -2.34. The van der Waals surface area contributed by atoms with Gasteiger partial charge < -0.3 is 10.1 Å². The Balaban J connectivity index is 2.17. The molecular formula is C14H15ClN2O2. The molecule has 0 spiro atoms. The van der Waals surface area contributed by atoms with Gasteiger partial charge >= 0.3 is 0 Å². The Morgan fingerprint density at radius 2 is 2.21 bits per heavy atom. The fourth-order valence-corrected chi connectivity index (χ4v) is 1.95. The first-order chi connectivity index (χ1) is 9.08. The van der Waals surface area contributed by atoms with Crippen molar-refractivity contribution in [1.82, 2.24) is 10.3 Å². The summed E-state index contributed by atoms with van der Waals surface area (Å²) < 4.78 is 5.50. The minimum Gasteiger partial charge on any atom is -0.481 e. The van der Waals surface area contributed by atoms with Crippen molar-refractivity contribution < 1.29 is 9.53 Å². The van der Waals surface area contributed by atoms with Crippen molar-refractivity contribution >= 4 is 28.4 Å². The number of carbonyl (C=O) groups is 1. The molecule has 2 aromatic rings. The highest BCUT2D eigenvalue weighted by atomic mass is 35.5. The highest BCUT2D eigenvalue weighted by molar-refractivity contribution is 6.35. The van der Waals surface area contributed by atoms with E-state index in [2.05, 4.69) is 10.3 Å². The van der Waals surface area contributed by atoms with E-state index >= 15 is 0 Å². The lowest BCUT2D eigenvalue weighted by atomic mass is 10.2. The predicted octanol–water partition coefficient (Wildman–Crippen LogP) is 2.79. The van der Waals surface area contributed by atoms with Crippen LogP contribution in [-0.2, 0) is 4.79 Å². The molecule has 1 aromatic heterocycles. The maximum atomic E-state index is 11.5. The molecule has 0 atom stereocenters. The molecule has 0 radical (unpaired) electrons. The number of rotatable bonds is 4. The van der Waals surface area contributed by atoms with Gasteiger partial charge in [0.2, 0.25) is 0 Å². The molecule has 0 aliphatic heterocycles. The molecule has 0 aliphatic carbocycles. The number of ether oxygens (including phenoxy) is 1. The molecule has 1 aromatic carbocycles. The van der Waals surface area contributed by atoms with Crippen LogP contribution in [0.1, 0.15) is 13.8 Å². The maximum Gasteiger partial charge on any atom is 0.258 e. The predicted molar refractivity (Wildman–Crippen MR) is 75.5 cm³/mol. The molecule has 0 fully saturated rings. The number of fused-ring (bicyclic) bond motifs is 1. The van der Waals surface area contributed by atoms with Crippen molar-refractivity contribution in [2.75, 3.05) is 6.61 Å². The van der Waals surface area contributed by atoms with E-state index in [-0.39, 0.29) is 18.6 Å². The summed E-state index contributed by atoms with van der Waals surface area (Å²) in [4.78, 5) is 15.8. The van der Waals surface area contributed by atoms with Gasteiger partial charge in [0, 0.05) is 17.6 Å². The number of halogens is 1. The summed E-state index contributed by atoms with van der Waals surface area (Å²) in [6, 6.07) is 7.23. The standard InChI is InChI=1S/C14H15ClN2O2/c1-9(2)17-13(18)8-19-12-6-5-11(15)10-4-3-7-16-14(10)12/h3-7,9H,8H2,1-2H3,(H,17,18). The molecule has 4 nitrogen and oxygen atoms in total. The van der Waals surface area contributed by atoms with Crippen LogP contribution in [0.15, 0.2) is 30.5 Å². The first-order valence-corrected chi connectivity index (χ1v) is 6.41. The number of pyridine rings is 1. The number of nitrogens with zero attached hydrogens (tertiary/aromatic N) is 1. The lowest BCUT2D eigenvalue weighted by Gasteiger charge is -2.11. The Labute approximate surface area is 116 Å². The van der Waals surface area contributed by atoms with Crippen LogP contribution in [0.25, 0.3) is 10.9 Å². The minimum absolute atomic E-state index is 0.0362. The summed E-state index contributed by atoms with van der Waals surface area (Å²) in [5.74, 6) is 0.396. The summed E-state index contributed by atoms with van der Waals surface area (Å²) in [7, 11) is 0.